The van der Waals surface area contributed by atoms with E-state index in [4.69, 9.17) is 4.42 Å². The van der Waals surface area contributed by atoms with Gasteiger partial charge in [0.2, 0.25) is 0 Å². The van der Waals surface area contributed by atoms with Crippen LogP contribution in [0.1, 0.15) is 29.0 Å². The predicted octanol–water partition coefficient (Wildman–Crippen LogP) is 5.18. The van der Waals surface area contributed by atoms with Crippen molar-refractivity contribution >= 4 is 33.6 Å². The molecular weight excluding hydrogens is 503 g/mol. The van der Waals surface area contributed by atoms with Gasteiger partial charge in [0.1, 0.15) is 0 Å². The number of benzene rings is 2. The Morgan fingerprint density at radius 1 is 1.00 bits per heavy atom. The maximum absolute atomic E-state index is 13.2. The Labute approximate surface area is 196 Å². The van der Waals surface area contributed by atoms with Gasteiger partial charge in [-0.1, -0.05) is 18.2 Å². The molecule has 1 saturated heterocycles. The van der Waals surface area contributed by atoms with Gasteiger partial charge in [-0.25, -0.2) is 0 Å². The molecule has 0 saturated carbocycles. The van der Waals surface area contributed by atoms with Crippen LogP contribution in [0, 0.1) is 0 Å². The fourth-order valence-corrected chi connectivity index (χ4v) is 7.95. The molecule has 1 aliphatic rings. The van der Waals surface area contributed by atoms with Crippen molar-refractivity contribution < 1.29 is 9.21 Å². The minimum atomic E-state index is -2.03. The summed E-state index contributed by atoms with van der Waals surface area (Å²) in [6, 6.07) is 23.0. The predicted molar refractivity (Wildman–Crippen MR) is 135 cm³/mol. The number of furan rings is 1. The van der Waals surface area contributed by atoms with Crippen LogP contribution in [0.4, 0.5) is 5.69 Å². The van der Waals surface area contributed by atoms with E-state index in [1.165, 1.54) is 5.56 Å². The molecule has 168 valence electrons. The molecule has 0 N–H and O–H groups in total. The van der Waals surface area contributed by atoms with Gasteiger partial charge in [0, 0.05) is 0 Å². The molecule has 4 nitrogen and oxygen atoms in total. The standard InChI is InChI=1S/C24H25N2O2.3CH3.Sn/c27-24(23-12-7-19-28-23)26(21-10-5-2-6-11-21)22-14-17-25(18-15-22)16-13-20-8-3-1-4-9-20;;;;/h1-3,5-12,19,22H,13-18H2;3*1H3;. The molecule has 32 heavy (non-hydrogen) atoms. The third kappa shape index (κ3) is 5.65. The first-order valence-corrected chi connectivity index (χ1v) is 21.6. The molecule has 0 aliphatic carbocycles. The molecule has 4 rings (SSSR count). The Hall–Kier alpha value is -2.05. The molecule has 0 atom stereocenters. The monoisotopic (exact) mass is 538 g/mol. The first kappa shape index (κ1) is 23.1. The summed E-state index contributed by atoms with van der Waals surface area (Å²) in [5.74, 6) is 0.352. The number of rotatable bonds is 7. The Bertz CT molecular complexity index is 1000. The number of carbonyl (C=O) groups excluding carboxylic acids is 1. The zero-order valence-corrected chi connectivity index (χ0v) is 22.3. The van der Waals surface area contributed by atoms with Crippen LogP contribution in [0.2, 0.25) is 14.8 Å². The van der Waals surface area contributed by atoms with Gasteiger partial charge in [0.05, 0.1) is 6.26 Å². The van der Waals surface area contributed by atoms with Crippen LogP contribution in [0.3, 0.4) is 0 Å². The first-order valence-electron chi connectivity index (χ1n) is 11.7. The third-order valence-corrected chi connectivity index (χ3v) is 12.2. The summed E-state index contributed by atoms with van der Waals surface area (Å²) in [4.78, 5) is 25.1. The fourth-order valence-electron chi connectivity index (χ4n) is 4.48. The average Bonchev–Trinajstić information content (AvgIpc) is 3.34. The van der Waals surface area contributed by atoms with E-state index in [0.29, 0.717) is 5.76 Å². The van der Waals surface area contributed by atoms with E-state index in [1.54, 1.807) is 22.0 Å². The molecule has 2 aromatic carbocycles. The molecule has 1 aromatic heterocycles. The van der Waals surface area contributed by atoms with E-state index in [1.807, 2.05) is 35.2 Å². The molecule has 1 amide bonds. The Morgan fingerprint density at radius 3 is 2.41 bits per heavy atom. The van der Waals surface area contributed by atoms with Crippen LogP contribution in [-0.2, 0) is 6.42 Å². The zero-order valence-electron chi connectivity index (χ0n) is 19.5. The number of carbonyl (C=O) groups is 1. The molecule has 0 spiro atoms. The summed E-state index contributed by atoms with van der Waals surface area (Å²) in [6.07, 6.45) is 4.60. The second-order valence-corrected chi connectivity index (χ2v) is 24.3. The van der Waals surface area contributed by atoms with Crippen molar-refractivity contribution in [2.24, 2.45) is 0 Å². The number of likely N-dealkylation sites (tertiary alicyclic amines) is 1. The number of anilines is 1. The number of nitrogens with zero attached hydrogens (tertiary/aromatic N) is 2. The normalized spacial score (nSPS) is 15.6. The molecule has 3 aromatic rings. The molecule has 0 radical (unpaired) electrons. The van der Waals surface area contributed by atoms with Gasteiger partial charge in [-0.05, 0) is 12.1 Å². The molecule has 1 fully saturated rings. The van der Waals surface area contributed by atoms with Crippen molar-refractivity contribution in [3.63, 3.8) is 0 Å². The molecule has 5 heteroatoms. The minimum absolute atomic E-state index is 0.0510. The summed E-state index contributed by atoms with van der Waals surface area (Å²) < 4.78 is 7.04. The van der Waals surface area contributed by atoms with E-state index in [0.717, 1.165) is 44.6 Å². The topological polar surface area (TPSA) is 36.7 Å². The van der Waals surface area contributed by atoms with Crippen molar-refractivity contribution in [2.45, 2.75) is 40.1 Å². The number of amides is 1. The number of hydrogen-bond donors (Lipinski definition) is 0. The SMILES string of the molecule is [CH3][Sn]([CH3])([CH3])[c]1cccc(CCN2CCC(N(C(=O)c3ccco3)c3ccccc3)CC2)c1. The zero-order chi connectivity index (χ0) is 22.6. The second-order valence-electron chi connectivity index (χ2n) is 9.76. The quantitative estimate of drug-likeness (QED) is 0.390. The van der Waals surface area contributed by atoms with Crippen LogP contribution in [0.5, 0.6) is 0 Å². The summed E-state index contributed by atoms with van der Waals surface area (Å²) in [5, 5.41) is 0. The van der Waals surface area contributed by atoms with Gasteiger partial charge < -0.3 is 4.42 Å². The van der Waals surface area contributed by atoms with Gasteiger partial charge in [-0.15, -0.1) is 0 Å². The van der Waals surface area contributed by atoms with E-state index < -0.39 is 18.4 Å². The summed E-state index contributed by atoms with van der Waals surface area (Å²) in [5.41, 5.74) is 2.40. The third-order valence-electron chi connectivity index (χ3n) is 6.42. The van der Waals surface area contributed by atoms with E-state index in [9.17, 15) is 4.79 Å². The maximum atomic E-state index is 13.2. The summed E-state index contributed by atoms with van der Waals surface area (Å²) in [7, 11) is 0. The summed E-state index contributed by atoms with van der Waals surface area (Å²) in [6.45, 7) is 3.10. The van der Waals surface area contributed by atoms with Crippen molar-refractivity contribution in [3.05, 3.63) is 84.3 Å². The average molecular weight is 537 g/mol. The van der Waals surface area contributed by atoms with Crippen LogP contribution in [-0.4, -0.2) is 54.9 Å². The van der Waals surface area contributed by atoms with Crippen molar-refractivity contribution in [1.29, 1.82) is 0 Å². The number of piperidine rings is 1. The van der Waals surface area contributed by atoms with E-state index >= 15 is 0 Å². The fraction of sp³-hybridized carbons (Fsp3) is 0.370. The molecule has 2 heterocycles. The molecule has 1 aliphatic heterocycles. The van der Waals surface area contributed by atoms with Gasteiger partial charge in [-0.3, -0.25) is 0 Å². The first-order chi connectivity index (χ1) is 15.4. The van der Waals surface area contributed by atoms with Crippen LogP contribution in [0.25, 0.3) is 0 Å². The molecule has 0 unspecified atom stereocenters. The Morgan fingerprint density at radius 2 is 1.75 bits per heavy atom. The van der Waals surface area contributed by atoms with E-state index in [2.05, 4.69) is 44.0 Å². The summed E-state index contributed by atoms with van der Waals surface area (Å²) >= 11 is -2.03. The number of hydrogen-bond acceptors (Lipinski definition) is 3. The van der Waals surface area contributed by atoms with Crippen LogP contribution >= 0.6 is 0 Å². The van der Waals surface area contributed by atoms with Crippen LogP contribution in [0.15, 0.2) is 77.4 Å². The van der Waals surface area contributed by atoms with Gasteiger partial charge in [-0.2, -0.15) is 0 Å². The van der Waals surface area contributed by atoms with Crippen molar-refractivity contribution in [1.82, 2.24) is 4.90 Å². The van der Waals surface area contributed by atoms with Gasteiger partial charge in [0.25, 0.3) is 0 Å². The van der Waals surface area contributed by atoms with Crippen molar-refractivity contribution in [3.8, 4) is 0 Å². The number of para-hydroxylation sites is 1. The van der Waals surface area contributed by atoms with E-state index in [-0.39, 0.29) is 11.9 Å². The Kier molecular flexibility index (Phi) is 7.41. The Balaban J connectivity index is 1.39. The van der Waals surface area contributed by atoms with Crippen molar-refractivity contribution in [2.75, 3.05) is 24.5 Å². The van der Waals surface area contributed by atoms with Gasteiger partial charge >= 0.3 is 156 Å². The van der Waals surface area contributed by atoms with Gasteiger partial charge in [0.15, 0.2) is 0 Å². The molecule has 0 bridgehead atoms. The molecular formula is C27H34N2O2Sn. The van der Waals surface area contributed by atoms with Crippen LogP contribution < -0.4 is 8.48 Å². The second kappa shape index (κ2) is 10.3.